The van der Waals surface area contributed by atoms with Crippen molar-refractivity contribution >= 4 is 23.0 Å². The molecule has 212 valence electrons. The normalized spacial score (nSPS) is 13.1. The number of nitrogens with one attached hydrogen (secondary N) is 1. The van der Waals surface area contributed by atoms with E-state index < -0.39 is 18.1 Å². The lowest BCUT2D eigenvalue weighted by Gasteiger charge is -2.19. The Hall–Kier alpha value is -4.79. The van der Waals surface area contributed by atoms with Gasteiger partial charge in [-0.15, -0.1) is 0 Å². The summed E-state index contributed by atoms with van der Waals surface area (Å²) < 4.78 is 28.1. The first-order valence-corrected chi connectivity index (χ1v) is 13.4. The fourth-order valence-corrected chi connectivity index (χ4v) is 4.66. The van der Waals surface area contributed by atoms with E-state index in [0.717, 1.165) is 5.56 Å². The van der Waals surface area contributed by atoms with Crippen molar-refractivity contribution in [3.63, 3.8) is 0 Å². The van der Waals surface area contributed by atoms with E-state index in [1.165, 1.54) is 12.1 Å². The van der Waals surface area contributed by atoms with Crippen LogP contribution in [0.3, 0.4) is 0 Å². The first kappa shape index (κ1) is 27.8. The van der Waals surface area contributed by atoms with E-state index in [2.05, 4.69) is 5.32 Å². The highest BCUT2D eigenvalue weighted by molar-refractivity contribution is 5.86. The molecule has 2 heterocycles. The van der Waals surface area contributed by atoms with Crippen LogP contribution in [0.4, 0.5) is 4.79 Å². The molecule has 0 unspecified atom stereocenters. The minimum absolute atomic E-state index is 0.0768. The van der Waals surface area contributed by atoms with Gasteiger partial charge in [0.05, 0.1) is 10.9 Å². The number of fused-ring (bicyclic) bond motifs is 2. The molecule has 0 saturated carbocycles. The fraction of sp³-hybridized carbons (Fsp3) is 0.281. The zero-order valence-corrected chi connectivity index (χ0v) is 23.1. The molecule has 1 atom stereocenters. The third-order valence-electron chi connectivity index (χ3n) is 6.59. The first-order chi connectivity index (χ1) is 19.8. The van der Waals surface area contributed by atoms with Gasteiger partial charge in [-0.1, -0.05) is 50.2 Å². The topological polar surface area (TPSA) is 113 Å². The second-order valence-electron chi connectivity index (χ2n) is 10.2. The van der Waals surface area contributed by atoms with Crippen molar-refractivity contribution in [2.45, 2.75) is 39.8 Å². The van der Waals surface area contributed by atoms with Crippen molar-refractivity contribution in [2.75, 3.05) is 13.2 Å². The molecule has 0 radical (unpaired) electrons. The number of alkyl carbamates (subject to hydrolysis) is 1. The van der Waals surface area contributed by atoms with E-state index in [-0.39, 0.29) is 29.3 Å². The van der Waals surface area contributed by atoms with Gasteiger partial charge in [-0.25, -0.2) is 9.59 Å². The molecule has 5 rings (SSSR count). The third kappa shape index (κ3) is 6.51. The monoisotopic (exact) mass is 557 g/mol. The van der Waals surface area contributed by atoms with Crippen LogP contribution >= 0.6 is 0 Å². The van der Waals surface area contributed by atoms with Crippen LogP contribution in [-0.2, 0) is 16.1 Å². The Balaban J connectivity index is 1.33. The van der Waals surface area contributed by atoms with Gasteiger partial charge in [0.1, 0.15) is 43.0 Å². The molecule has 0 aliphatic carbocycles. The predicted molar refractivity (Wildman–Crippen MR) is 152 cm³/mol. The quantitative estimate of drug-likeness (QED) is 0.214. The number of amides is 1. The van der Waals surface area contributed by atoms with E-state index in [1.807, 2.05) is 44.2 Å². The molecule has 1 N–H and O–H groups in total. The maximum Gasteiger partial charge on any atom is 0.408 e. The molecule has 0 spiro atoms. The second kappa shape index (κ2) is 12.2. The number of rotatable bonds is 8. The Labute approximate surface area is 237 Å². The van der Waals surface area contributed by atoms with Gasteiger partial charge in [0.25, 0.3) is 0 Å². The summed E-state index contributed by atoms with van der Waals surface area (Å²) in [5.41, 5.74) is 1.94. The molecule has 9 nitrogen and oxygen atoms in total. The highest BCUT2D eigenvalue weighted by Crippen LogP contribution is 2.35. The average Bonchev–Trinajstić information content (AvgIpc) is 2.96. The summed E-state index contributed by atoms with van der Waals surface area (Å²) in [6.45, 7) is 6.56. The number of aryl methyl sites for hydroxylation is 1. The van der Waals surface area contributed by atoms with Crippen LogP contribution < -0.4 is 25.0 Å². The number of carbonyl (C=O) groups is 2. The van der Waals surface area contributed by atoms with Gasteiger partial charge >= 0.3 is 12.1 Å². The fourth-order valence-electron chi connectivity index (χ4n) is 4.66. The van der Waals surface area contributed by atoms with E-state index in [0.29, 0.717) is 53.4 Å². The van der Waals surface area contributed by atoms with Gasteiger partial charge in [-0.05, 0) is 54.7 Å². The molecule has 0 fully saturated rings. The van der Waals surface area contributed by atoms with Gasteiger partial charge in [0.2, 0.25) is 5.43 Å². The van der Waals surface area contributed by atoms with Gasteiger partial charge in [0, 0.05) is 6.07 Å². The Bertz CT molecular complexity index is 1630. The van der Waals surface area contributed by atoms with Crippen LogP contribution in [0, 0.1) is 12.8 Å². The highest BCUT2D eigenvalue weighted by Gasteiger charge is 2.25. The zero-order valence-electron chi connectivity index (χ0n) is 23.1. The van der Waals surface area contributed by atoms with Gasteiger partial charge in [-0.2, -0.15) is 0 Å². The standard InChI is InChI=1S/C32H31NO8/c1-19(2)15-25(33-32(36)39-18-21-7-5-4-6-8-21)31(35)41-23-10-11-24-27(17-23)40-20(3)29(30(24)34)22-9-12-26-28(16-22)38-14-13-37-26/h4-12,16-17,19,25H,13-15,18H2,1-3H3,(H,33,36)/t25-/m1/s1. The van der Waals surface area contributed by atoms with Crippen molar-refractivity contribution in [1.82, 2.24) is 5.32 Å². The summed E-state index contributed by atoms with van der Waals surface area (Å²) in [5, 5.41) is 2.95. The molecular formula is C32H31NO8. The molecule has 41 heavy (non-hydrogen) atoms. The second-order valence-corrected chi connectivity index (χ2v) is 10.2. The van der Waals surface area contributed by atoms with Gasteiger partial charge in [-0.3, -0.25) is 4.79 Å². The van der Waals surface area contributed by atoms with Crippen LogP contribution in [0.2, 0.25) is 0 Å². The SMILES string of the molecule is Cc1oc2cc(OC(=O)[C@@H](CC(C)C)NC(=O)OCc3ccccc3)ccc2c(=O)c1-c1ccc2c(c1)OCCO2. The minimum Gasteiger partial charge on any atom is -0.486 e. The van der Waals surface area contributed by atoms with Crippen molar-refractivity contribution < 1.29 is 33.0 Å². The number of esters is 1. The molecule has 3 aromatic carbocycles. The van der Waals surface area contributed by atoms with Crippen LogP contribution in [0.25, 0.3) is 22.1 Å². The molecule has 0 saturated heterocycles. The van der Waals surface area contributed by atoms with Crippen LogP contribution in [-0.4, -0.2) is 31.3 Å². The van der Waals surface area contributed by atoms with Crippen LogP contribution in [0.5, 0.6) is 17.2 Å². The van der Waals surface area contributed by atoms with Gasteiger partial charge < -0.3 is 28.7 Å². The van der Waals surface area contributed by atoms with Crippen LogP contribution in [0.1, 0.15) is 31.6 Å². The summed E-state index contributed by atoms with van der Waals surface area (Å²) in [5.74, 6) is 1.24. The maximum absolute atomic E-state index is 13.5. The van der Waals surface area contributed by atoms with Crippen molar-refractivity contribution in [3.05, 3.63) is 88.3 Å². The molecule has 0 bridgehead atoms. The third-order valence-corrected chi connectivity index (χ3v) is 6.59. The summed E-state index contributed by atoms with van der Waals surface area (Å²) in [4.78, 5) is 39.0. The minimum atomic E-state index is -0.930. The summed E-state index contributed by atoms with van der Waals surface area (Å²) in [7, 11) is 0. The number of benzene rings is 3. The Morgan fingerprint density at radius 2 is 1.71 bits per heavy atom. The lowest BCUT2D eigenvalue weighted by Crippen LogP contribution is -2.44. The Kier molecular flexibility index (Phi) is 8.24. The first-order valence-electron chi connectivity index (χ1n) is 13.4. The number of ether oxygens (including phenoxy) is 4. The molecule has 9 heteroatoms. The number of hydrogen-bond acceptors (Lipinski definition) is 8. The molecule has 1 aliphatic heterocycles. The number of carbonyl (C=O) groups excluding carboxylic acids is 2. The Morgan fingerprint density at radius 1 is 0.951 bits per heavy atom. The molecule has 1 aromatic heterocycles. The van der Waals surface area contributed by atoms with Gasteiger partial charge in [0.15, 0.2) is 11.5 Å². The molecular weight excluding hydrogens is 526 g/mol. The molecule has 1 amide bonds. The smallest absolute Gasteiger partial charge is 0.408 e. The maximum atomic E-state index is 13.5. The summed E-state index contributed by atoms with van der Waals surface area (Å²) in [6.07, 6.45) is -0.372. The summed E-state index contributed by atoms with van der Waals surface area (Å²) in [6, 6.07) is 18.2. The largest absolute Gasteiger partial charge is 0.486 e. The number of hydrogen-bond donors (Lipinski definition) is 1. The van der Waals surface area contributed by atoms with Crippen molar-refractivity contribution in [2.24, 2.45) is 5.92 Å². The van der Waals surface area contributed by atoms with Crippen LogP contribution in [0.15, 0.2) is 75.9 Å². The lowest BCUT2D eigenvalue weighted by atomic mass is 10.0. The van der Waals surface area contributed by atoms with Crippen molar-refractivity contribution in [1.29, 1.82) is 0 Å². The van der Waals surface area contributed by atoms with E-state index in [9.17, 15) is 14.4 Å². The molecule has 4 aromatic rings. The van der Waals surface area contributed by atoms with E-state index >= 15 is 0 Å². The van der Waals surface area contributed by atoms with Crippen molar-refractivity contribution in [3.8, 4) is 28.4 Å². The Morgan fingerprint density at radius 3 is 2.46 bits per heavy atom. The lowest BCUT2D eigenvalue weighted by molar-refractivity contribution is -0.137. The van der Waals surface area contributed by atoms with E-state index in [1.54, 1.807) is 31.2 Å². The predicted octanol–water partition coefficient (Wildman–Crippen LogP) is 5.79. The molecule has 1 aliphatic rings. The highest BCUT2D eigenvalue weighted by atomic mass is 16.6. The van der Waals surface area contributed by atoms with E-state index in [4.69, 9.17) is 23.4 Å². The average molecular weight is 558 g/mol. The summed E-state index contributed by atoms with van der Waals surface area (Å²) >= 11 is 0. The zero-order chi connectivity index (χ0) is 28.9.